The number of hydrogen-bond donors (Lipinski definition) is 1. The van der Waals surface area contributed by atoms with Crippen molar-refractivity contribution in [3.05, 3.63) is 0 Å². The molecule has 2 atom stereocenters. The molecule has 17 heavy (non-hydrogen) atoms. The van der Waals surface area contributed by atoms with E-state index in [9.17, 15) is 5.11 Å². The molecule has 0 bridgehead atoms. The van der Waals surface area contributed by atoms with Crippen LogP contribution in [0.4, 0.5) is 0 Å². The van der Waals surface area contributed by atoms with E-state index >= 15 is 0 Å². The Kier molecular flexibility index (Phi) is 4.43. The van der Waals surface area contributed by atoms with Gasteiger partial charge in [-0.1, -0.05) is 13.8 Å². The molecule has 2 fully saturated rings. The van der Waals surface area contributed by atoms with Crippen molar-refractivity contribution >= 4 is 11.8 Å². The number of aliphatic hydroxyl groups is 1. The van der Waals surface area contributed by atoms with Gasteiger partial charge in [-0.25, -0.2) is 0 Å². The summed E-state index contributed by atoms with van der Waals surface area (Å²) >= 11 is 1.91. The minimum atomic E-state index is -0.464. The highest BCUT2D eigenvalue weighted by Crippen LogP contribution is 2.45. The number of hydrogen-bond acceptors (Lipinski definition) is 3. The van der Waals surface area contributed by atoms with E-state index in [2.05, 4.69) is 13.8 Å². The molecule has 0 aliphatic carbocycles. The van der Waals surface area contributed by atoms with Crippen LogP contribution < -0.4 is 0 Å². The first kappa shape index (κ1) is 13.7. The molecule has 0 aromatic carbocycles. The molecule has 0 spiro atoms. The van der Waals surface area contributed by atoms with Crippen LogP contribution in [0.25, 0.3) is 0 Å². The Labute approximate surface area is 110 Å². The van der Waals surface area contributed by atoms with Crippen LogP contribution in [0.5, 0.6) is 0 Å². The third-order valence-electron chi connectivity index (χ3n) is 4.61. The van der Waals surface area contributed by atoms with Gasteiger partial charge in [0.25, 0.3) is 0 Å². The summed E-state index contributed by atoms with van der Waals surface area (Å²) in [6.45, 7) is 5.38. The van der Waals surface area contributed by atoms with Crippen molar-refractivity contribution in [3.8, 4) is 0 Å². The molecule has 0 saturated carbocycles. The molecule has 2 saturated heterocycles. The van der Waals surface area contributed by atoms with Crippen LogP contribution in [0, 0.1) is 5.41 Å². The monoisotopic (exact) mass is 258 g/mol. The maximum atomic E-state index is 10.8. The molecule has 3 heteroatoms. The zero-order valence-corrected chi connectivity index (χ0v) is 12.0. The van der Waals surface area contributed by atoms with Crippen molar-refractivity contribution < 1.29 is 9.84 Å². The Bertz CT molecular complexity index is 249. The van der Waals surface area contributed by atoms with Gasteiger partial charge >= 0.3 is 0 Å². The van der Waals surface area contributed by atoms with Crippen LogP contribution in [0.2, 0.25) is 0 Å². The largest absolute Gasteiger partial charge is 0.388 e. The summed E-state index contributed by atoms with van der Waals surface area (Å²) in [5.74, 6) is 2.10. The van der Waals surface area contributed by atoms with Crippen molar-refractivity contribution in [2.45, 2.75) is 64.1 Å². The molecule has 2 aliphatic heterocycles. The van der Waals surface area contributed by atoms with Crippen LogP contribution in [-0.4, -0.2) is 34.9 Å². The lowest BCUT2D eigenvalue weighted by molar-refractivity contribution is -0.0615. The number of thioether (sulfide) groups is 1. The maximum Gasteiger partial charge on any atom is 0.0788 e. The standard InChI is InChI=1S/C14H26O2S/c1-13(2)8-10-17-11-14(13,15)7-3-5-12-6-4-9-16-12/h12,15H,3-11H2,1-2H3. The van der Waals surface area contributed by atoms with Crippen LogP contribution in [0.15, 0.2) is 0 Å². The minimum Gasteiger partial charge on any atom is -0.388 e. The fourth-order valence-corrected chi connectivity index (χ4v) is 4.57. The molecule has 100 valence electrons. The highest BCUT2D eigenvalue weighted by atomic mass is 32.2. The normalized spacial score (nSPS) is 37.2. The Morgan fingerprint density at radius 1 is 1.41 bits per heavy atom. The van der Waals surface area contributed by atoms with E-state index in [0.717, 1.165) is 38.0 Å². The maximum absolute atomic E-state index is 10.8. The Morgan fingerprint density at radius 3 is 2.88 bits per heavy atom. The van der Waals surface area contributed by atoms with Crippen molar-refractivity contribution in [1.82, 2.24) is 0 Å². The first-order chi connectivity index (χ1) is 8.04. The zero-order chi connectivity index (χ0) is 12.4. The van der Waals surface area contributed by atoms with Gasteiger partial charge in [0.05, 0.1) is 11.7 Å². The molecular formula is C14H26O2S. The summed E-state index contributed by atoms with van der Waals surface area (Å²) in [5, 5.41) is 10.8. The SMILES string of the molecule is CC1(C)CCSCC1(O)CCCC1CCCO1. The van der Waals surface area contributed by atoms with E-state index in [1.807, 2.05) is 11.8 Å². The number of rotatable bonds is 4. The fraction of sp³-hybridized carbons (Fsp3) is 1.00. The van der Waals surface area contributed by atoms with Gasteiger partial charge in [0, 0.05) is 12.4 Å². The van der Waals surface area contributed by atoms with E-state index in [4.69, 9.17) is 4.74 Å². The molecule has 0 aromatic rings. The summed E-state index contributed by atoms with van der Waals surface area (Å²) in [5.41, 5.74) is -0.386. The van der Waals surface area contributed by atoms with Crippen LogP contribution in [-0.2, 0) is 4.74 Å². The lowest BCUT2D eigenvalue weighted by Crippen LogP contribution is -2.49. The summed E-state index contributed by atoms with van der Waals surface area (Å²) in [6, 6.07) is 0. The molecule has 2 aliphatic rings. The summed E-state index contributed by atoms with van der Waals surface area (Å²) in [7, 11) is 0. The lowest BCUT2D eigenvalue weighted by atomic mass is 9.71. The van der Waals surface area contributed by atoms with Crippen LogP contribution in [0.3, 0.4) is 0 Å². The predicted octanol–water partition coefficient (Wildman–Crippen LogP) is 3.23. The third-order valence-corrected chi connectivity index (χ3v) is 5.79. The average molecular weight is 258 g/mol. The molecule has 0 aromatic heterocycles. The highest BCUT2D eigenvalue weighted by Gasteiger charge is 2.44. The van der Waals surface area contributed by atoms with Gasteiger partial charge in [-0.05, 0) is 49.7 Å². The average Bonchev–Trinajstić information content (AvgIpc) is 2.76. The van der Waals surface area contributed by atoms with Gasteiger partial charge in [0.15, 0.2) is 0 Å². The summed E-state index contributed by atoms with van der Waals surface area (Å²) in [6.07, 6.45) is 7.21. The quantitative estimate of drug-likeness (QED) is 0.839. The van der Waals surface area contributed by atoms with Crippen molar-refractivity contribution in [3.63, 3.8) is 0 Å². The molecule has 2 unspecified atom stereocenters. The second-order valence-electron chi connectivity index (χ2n) is 6.25. The van der Waals surface area contributed by atoms with Crippen LogP contribution >= 0.6 is 11.8 Å². The summed E-state index contributed by atoms with van der Waals surface area (Å²) in [4.78, 5) is 0. The Hall–Kier alpha value is 0.270. The van der Waals surface area contributed by atoms with Crippen molar-refractivity contribution in [1.29, 1.82) is 0 Å². The van der Waals surface area contributed by atoms with Gasteiger partial charge in [-0.2, -0.15) is 11.8 Å². The highest BCUT2D eigenvalue weighted by molar-refractivity contribution is 7.99. The molecular weight excluding hydrogens is 232 g/mol. The predicted molar refractivity (Wildman–Crippen MR) is 73.5 cm³/mol. The molecule has 0 radical (unpaired) electrons. The van der Waals surface area contributed by atoms with E-state index in [1.54, 1.807) is 0 Å². The first-order valence-electron chi connectivity index (χ1n) is 6.95. The summed E-state index contributed by atoms with van der Waals surface area (Å²) < 4.78 is 5.64. The third kappa shape index (κ3) is 3.18. The van der Waals surface area contributed by atoms with E-state index in [0.29, 0.717) is 6.10 Å². The van der Waals surface area contributed by atoms with Gasteiger partial charge in [-0.3, -0.25) is 0 Å². The van der Waals surface area contributed by atoms with E-state index in [1.165, 1.54) is 18.6 Å². The zero-order valence-electron chi connectivity index (χ0n) is 11.2. The van der Waals surface area contributed by atoms with Crippen molar-refractivity contribution in [2.75, 3.05) is 18.1 Å². The van der Waals surface area contributed by atoms with E-state index in [-0.39, 0.29) is 5.41 Å². The topological polar surface area (TPSA) is 29.5 Å². The van der Waals surface area contributed by atoms with Crippen LogP contribution in [0.1, 0.15) is 52.4 Å². The second-order valence-corrected chi connectivity index (χ2v) is 7.35. The molecule has 2 rings (SSSR count). The first-order valence-corrected chi connectivity index (χ1v) is 8.11. The molecule has 0 amide bonds. The Balaban J connectivity index is 1.79. The fourth-order valence-electron chi connectivity index (χ4n) is 2.90. The van der Waals surface area contributed by atoms with Gasteiger partial charge in [0.1, 0.15) is 0 Å². The second kappa shape index (κ2) is 5.50. The van der Waals surface area contributed by atoms with E-state index < -0.39 is 5.60 Å². The lowest BCUT2D eigenvalue weighted by Gasteiger charge is -2.46. The molecule has 2 heterocycles. The van der Waals surface area contributed by atoms with Gasteiger partial charge < -0.3 is 9.84 Å². The van der Waals surface area contributed by atoms with Crippen molar-refractivity contribution in [2.24, 2.45) is 5.41 Å². The van der Waals surface area contributed by atoms with Gasteiger partial charge in [-0.15, -0.1) is 0 Å². The Morgan fingerprint density at radius 2 is 2.24 bits per heavy atom. The molecule has 1 N–H and O–H groups in total. The number of ether oxygens (including phenoxy) is 1. The van der Waals surface area contributed by atoms with Gasteiger partial charge in [0.2, 0.25) is 0 Å². The smallest absolute Gasteiger partial charge is 0.0788 e. The minimum absolute atomic E-state index is 0.0782. The molecule has 2 nitrogen and oxygen atoms in total.